The number of guanidine groups is 1. The van der Waals surface area contributed by atoms with Crippen LogP contribution in [0.4, 0.5) is 9.93 Å². The third-order valence-electron chi connectivity index (χ3n) is 2.97. The van der Waals surface area contributed by atoms with Gasteiger partial charge in [-0.05, 0) is 18.4 Å². The number of rotatable bonds is 6. The molecule has 0 aliphatic rings. The van der Waals surface area contributed by atoms with Gasteiger partial charge in [0.2, 0.25) is 0 Å². The molecule has 0 fully saturated rings. The van der Waals surface area contributed by atoms with Crippen LogP contribution >= 0.6 is 11.3 Å². The summed E-state index contributed by atoms with van der Waals surface area (Å²) in [5.74, 6) is 0.111. The predicted molar refractivity (Wildman–Crippen MR) is 93.2 cm³/mol. The number of thiazole rings is 1. The molecule has 8 heteroatoms. The van der Waals surface area contributed by atoms with Gasteiger partial charge in [0.25, 0.3) is 0 Å². The number of hydrogen-bond donors (Lipinski definition) is 4. The second-order valence-corrected chi connectivity index (χ2v) is 5.98. The third kappa shape index (κ3) is 6.35. The maximum atomic E-state index is 11.7. The number of carbonyl (C=O) groups excluding carboxylic acids is 1. The number of hydrogen-bond acceptors (Lipinski definition) is 5. The zero-order valence-corrected chi connectivity index (χ0v) is 13.5. The number of urea groups is 1. The van der Waals surface area contributed by atoms with Crippen molar-refractivity contribution in [2.45, 2.75) is 19.4 Å². The smallest absolute Gasteiger partial charge is 0.321 e. The van der Waals surface area contributed by atoms with Crippen molar-refractivity contribution in [1.82, 2.24) is 15.6 Å². The average molecular weight is 332 g/mol. The van der Waals surface area contributed by atoms with E-state index in [2.05, 4.69) is 20.6 Å². The first-order valence-electron chi connectivity index (χ1n) is 7.22. The average Bonchev–Trinajstić information content (AvgIpc) is 2.96. The number of aryl methyl sites for hydroxylation is 1. The van der Waals surface area contributed by atoms with E-state index in [-0.39, 0.29) is 12.0 Å². The fourth-order valence-corrected chi connectivity index (χ4v) is 2.60. The molecule has 122 valence electrons. The van der Waals surface area contributed by atoms with Crippen molar-refractivity contribution in [2.24, 2.45) is 10.7 Å². The number of benzene rings is 1. The van der Waals surface area contributed by atoms with Crippen molar-refractivity contribution in [3.8, 4) is 0 Å². The molecule has 0 saturated heterocycles. The molecule has 1 aromatic heterocycles. The van der Waals surface area contributed by atoms with Crippen LogP contribution in [0.3, 0.4) is 0 Å². The number of nitrogen functional groups attached to an aromatic ring is 1. The summed E-state index contributed by atoms with van der Waals surface area (Å²) in [6.07, 6.45) is 3.42. The molecule has 6 N–H and O–H groups in total. The van der Waals surface area contributed by atoms with E-state index >= 15 is 0 Å². The van der Waals surface area contributed by atoms with E-state index in [4.69, 9.17) is 11.5 Å². The lowest BCUT2D eigenvalue weighted by Crippen LogP contribution is -2.43. The Labute approximate surface area is 138 Å². The van der Waals surface area contributed by atoms with Gasteiger partial charge in [0.05, 0.1) is 0 Å². The highest BCUT2D eigenvalue weighted by atomic mass is 32.1. The third-order valence-corrected chi connectivity index (χ3v) is 3.86. The molecule has 0 aliphatic carbocycles. The maximum Gasteiger partial charge on any atom is 0.321 e. The van der Waals surface area contributed by atoms with Crippen LogP contribution in [0.5, 0.6) is 0 Å². The van der Waals surface area contributed by atoms with E-state index in [0.717, 1.165) is 23.3 Å². The monoisotopic (exact) mass is 332 g/mol. The molecule has 0 spiro atoms. The van der Waals surface area contributed by atoms with Crippen LogP contribution in [0.25, 0.3) is 0 Å². The van der Waals surface area contributed by atoms with Gasteiger partial charge < -0.3 is 16.8 Å². The zero-order valence-electron chi connectivity index (χ0n) is 12.7. The minimum atomic E-state index is -0.370. The highest BCUT2D eigenvalue weighted by Gasteiger charge is 2.02. The Bertz CT molecular complexity index is 655. The molecular formula is C15H20N6OS. The van der Waals surface area contributed by atoms with Crippen LogP contribution in [0, 0.1) is 0 Å². The van der Waals surface area contributed by atoms with Crippen LogP contribution in [-0.2, 0) is 13.0 Å². The Kier molecular flexibility index (Phi) is 6.37. The summed E-state index contributed by atoms with van der Waals surface area (Å²) in [6, 6.07) is 9.26. The normalized spacial score (nSPS) is 11.2. The minimum Gasteiger partial charge on any atom is -0.375 e. The van der Waals surface area contributed by atoms with Crippen LogP contribution in [0.1, 0.15) is 16.9 Å². The SMILES string of the molecule is NC(=NCCCc1cnc(N)s1)NC(=O)NCc1ccccc1. The lowest BCUT2D eigenvalue weighted by atomic mass is 10.2. The van der Waals surface area contributed by atoms with Gasteiger partial charge in [-0.1, -0.05) is 30.3 Å². The fourth-order valence-electron chi connectivity index (χ4n) is 1.87. The van der Waals surface area contributed by atoms with Gasteiger partial charge in [-0.2, -0.15) is 0 Å². The molecule has 2 rings (SSSR count). The summed E-state index contributed by atoms with van der Waals surface area (Å²) >= 11 is 1.47. The van der Waals surface area contributed by atoms with Crippen molar-refractivity contribution >= 4 is 28.5 Å². The number of nitrogens with one attached hydrogen (secondary N) is 2. The lowest BCUT2D eigenvalue weighted by molar-refractivity contribution is 0.245. The Balaban J connectivity index is 1.64. The van der Waals surface area contributed by atoms with E-state index in [0.29, 0.717) is 18.2 Å². The molecule has 2 aromatic rings. The number of nitrogens with two attached hydrogens (primary N) is 2. The molecule has 0 bridgehead atoms. The minimum absolute atomic E-state index is 0.111. The number of anilines is 1. The van der Waals surface area contributed by atoms with Crippen LogP contribution in [0.15, 0.2) is 41.5 Å². The first-order chi connectivity index (χ1) is 11.1. The molecule has 0 saturated carbocycles. The van der Waals surface area contributed by atoms with Gasteiger partial charge in [0, 0.05) is 24.2 Å². The fraction of sp³-hybridized carbons (Fsp3) is 0.267. The Morgan fingerprint density at radius 1 is 1.30 bits per heavy atom. The molecule has 1 aromatic carbocycles. The van der Waals surface area contributed by atoms with Gasteiger partial charge in [0.1, 0.15) is 0 Å². The Hall–Kier alpha value is -2.61. The molecule has 1 heterocycles. The molecule has 0 unspecified atom stereocenters. The molecule has 0 radical (unpaired) electrons. The van der Waals surface area contributed by atoms with Crippen LogP contribution in [0.2, 0.25) is 0 Å². The number of nitrogens with zero attached hydrogens (tertiary/aromatic N) is 2. The molecule has 2 amide bonds. The molecule has 7 nitrogen and oxygen atoms in total. The summed E-state index contributed by atoms with van der Waals surface area (Å²) < 4.78 is 0. The largest absolute Gasteiger partial charge is 0.375 e. The second kappa shape index (κ2) is 8.74. The first-order valence-corrected chi connectivity index (χ1v) is 8.04. The van der Waals surface area contributed by atoms with Gasteiger partial charge in [-0.15, -0.1) is 11.3 Å². The molecule has 0 aliphatic heterocycles. The van der Waals surface area contributed by atoms with Crippen molar-refractivity contribution < 1.29 is 4.79 Å². The van der Waals surface area contributed by atoms with E-state index in [9.17, 15) is 4.79 Å². The predicted octanol–water partition coefficient (Wildman–Crippen LogP) is 1.47. The van der Waals surface area contributed by atoms with E-state index in [1.54, 1.807) is 6.20 Å². The van der Waals surface area contributed by atoms with Gasteiger partial charge in [-0.25, -0.2) is 9.78 Å². The van der Waals surface area contributed by atoms with Crippen LogP contribution < -0.4 is 22.1 Å². The topological polar surface area (TPSA) is 118 Å². The Morgan fingerprint density at radius 3 is 2.78 bits per heavy atom. The quantitative estimate of drug-likeness (QED) is 0.364. The standard InChI is InChI=1S/C15H20N6OS/c16-13(18-8-4-7-12-10-19-14(17)23-12)21-15(22)20-9-11-5-2-1-3-6-11/h1-3,5-6,10H,4,7-9H2,(H2,17,19)(H4,16,18,20,21,22). The van der Waals surface area contributed by atoms with E-state index in [1.165, 1.54) is 11.3 Å². The highest BCUT2D eigenvalue weighted by Crippen LogP contribution is 2.15. The Morgan fingerprint density at radius 2 is 2.09 bits per heavy atom. The first kappa shape index (κ1) is 16.8. The van der Waals surface area contributed by atoms with Crippen molar-refractivity contribution in [3.63, 3.8) is 0 Å². The zero-order chi connectivity index (χ0) is 16.5. The van der Waals surface area contributed by atoms with Crippen molar-refractivity contribution in [3.05, 3.63) is 47.0 Å². The van der Waals surface area contributed by atoms with Crippen LogP contribution in [-0.4, -0.2) is 23.5 Å². The number of carbonyl (C=O) groups is 1. The molecule has 0 atom stereocenters. The van der Waals surface area contributed by atoms with Crippen molar-refractivity contribution in [1.29, 1.82) is 0 Å². The van der Waals surface area contributed by atoms with Crippen molar-refractivity contribution in [2.75, 3.05) is 12.3 Å². The van der Waals surface area contributed by atoms with Gasteiger partial charge in [-0.3, -0.25) is 10.3 Å². The van der Waals surface area contributed by atoms with Gasteiger partial charge in [0.15, 0.2) is 11.1 Å². The van der Waals surface area contributed by atoms with E-state index in [1.807, 2.05) is 30.3 Å². The van der Waals surface area contributed by atoms with E-state index < -0.39 is 0 Å². The second-order valence-electron chi connectivity index (χ2n) is 4.83. The lowest BCUT2D eigenvalue weighted by Gasteiger charge is -2.07. The number of aromatic nitrogens is 1. The summed E-state index contributed by atoms with van der Waals surface area (Å²) in [5.41, 5.74) is 12.3. The summed E-state index contributed by atoms with van der Waals surface area (Å²) in [4.78, 5) is 20.9. The molecule has 23 heavy (non-hydrogen) atoms. The summed E-state index contributed by atoms with van der Waals surface area (Å²) in [7, 11) is 0. The highest BCUT2D eigenvalue weighted by molar-refractivity contribution is 7.15. The van der Waals surface area contributed by atoms with Gasteiger partial charge >= 0.3 is 6.03 Å². The number of aliphatic imine (C=N–C) groups is 1. The summed E-state index contributed by atoms with van der Waals surface area (Å²) in [6.45, 7) is 0.968. The molecular weight excluding hydrogens is 312 g/mol. The number of amides is 2. The summed E-state index contributed by atoms with van der Waals surface area (Å²) in [5, 5.41) is 5.79. The maximum absolute atomic E-state index is 11.7.